The van der Waals surface area contributed by atoms with E-state index >= 15 is 0 Å². The van der Waals surface area contributed by atoms with Crippen LogP contribution in [0.3, 0.4) is 0 Å². The second-order valence-electron chi connectivity index (χ2n) is 4.47. The Bertz CT molecular complexity index is 587. The SMILES string of the molecule is CC(C)n1ncnc1CC(=O)c1cc(F)cc(F)c1. The van der Waals surface area contributed by atoms with Gasteiger partial charge in [-0.1, -0.05) is 0 Å². The minimum atomic E-state index is -0.770. The van der Waals surface area contributed by atoms with Crippen LogP contribution in [0.2, 0.25) is 0 Å². The molecule has 0 atom stereocenters. The quantitative estimate of drug-likeness (QED) is 0.798. The molecule has 0 saturated heterocycles. The van der Waals surface area contributed by atoms with E-state index in [2.05, 4.69) is 10.1 Å². The van der Waals surface area contributed by atoms with E-state index in [1.54, 1.807) is 4.68 Å². The van der Waals surface area contributed by atoms with Crippen LogP contribution in [0.5, 0.6) is 0 Å². The van der Waals surface area contributed by atoms with E-state index in [9.17, 15) is 13.6 Å². The van der Waals surface area contributed by atoms with Crippen molar-refractivity contribution in [2.45, 2.75) is 26.3 Å². The summed E-state index contributed by atoms with van der Waals surface area (Å²) in [6.07, 6.45) is 1.32. The highest BCUT2D eigenvalue weighted by Gasteiger charge is 2.15. The molecular formula is C13H13F2N3O. The molecule has 1 aromatic carbocycles. The van der Waals surface area contributed by atoms with E-state index in [1.165, 1.54) is 6.33 Å². The fourth-order valence-corrected chi connectivity index (χ4v) is 1.79. The fraction of sp³-hybridized carbons (Fsp3) is 0.308. The van der Waals surface area contributed by atoms with Crippen molar-refractivity contribution in [1.82, 2.24) is 14.8 Å². The number of aromatic nitrogens is 3. The summed E-state index contributed by atoms with van der Waals surface area (Å²) in [5.74, 6) is -1.46. The molecule has 2 aromatic rings. The van der Waals surface area contributed by atoms with Crippen LogP contribution < -0.4 is 0 Å². The lowest BCUT2D eigenvalue weighted by atomic mass is 10.1. The average molecular weight is 265 g/mol. The Morgan fingerprint density at radius 3 is 2.47 bits per heavy atom. The van der Waals surface area contributed by atoms with E-state index in [0.29, 0.717) is 5.82 Å². The zero-order chi connectivity index (χ0) is 14.0. The molecule has 1 aromatic heterocycles. The van der Waals surface area contributed by atoms with Gasteiger partial charge in [-0.2, -0.15) is 5.10 Å². The van der Waals surface area contributed by atoms with E-state index < -0.39 is 17.4 Å². The highest BCUT2D eigenvalue weighted by atomic mass is 19.1. The van der Waals surface area contributed by atoms with Gasteiger partial charge >= 0.3 is 0 Å². The van der Waals surface area contributed by atoms with Crippen molar-refractivity contribution in [3.05, 3.63) is 47.5 Å². The highest BCUT2D eigenvalue weighted by molar-refractivity contribution is 5.97. The monoisotopic (exact) mass is 265 g/mol. The Morgan fingerprint density at radius 1 is 1.26 bits per heavy atom. The van der Waals surface area contributed by atoms with Gasteiger partial charge in [0, 0.05) is 17.7 Å². The first kappa shape index (κ1) is 13.3. The number of Topliss-reactive ketones (excluding diaryl/α,β-unsaturated/α-hetero) is 1. The summed E-state index contributed by atoms with van der Waals surface area (Å²) in [4.78, 5) is 16.0. The van der Waals surface area contributed by atoms with Crippen LogP contribution in [0, 0.1) is 11.6 Å². The maximum atomic E-state index is 13.0. The first-order valence-corrected chi connectivity index (χ1v) is 5.85. The van der Waals surface area contributed by atoms with Crippen LogP contribution in [0.15, 0.2) is 24.5 Å². The van der Waals surface area contributed by atoms with Gasteiger partial charge in [-0.15, -0.1) is 0 Å². The minimum absolute atomic E-state index is 0.00388. The van der Waals surface area contributed by atoms with Crippen molar-refractivity contribution in [2.24, 2.45) is 0 Å². The number of rotatable bonds is 4. The molecule has 0 saturated carbocycles. The number of carbonyl (C=O) groups excluding carboxylic acids is 1. The lowest BCUT2D eigenvalue weighted by Gasteiger charge is -2.08. The van der Waals surface area contributed by atoms with Crippen LogP contribution in [0.1, 0.15) is 36.1 Å². The first-order valence-electron chi connectivity index (χ1n) is 5.85. The standard InChI is InChI=1S/C13H13F2N3O/c1-8(2)18-13(16-7-17-18)6-12(19)9-3-10(14)5-11(15)4-9/h3-5,7-8H,6H2,1-2H3. The third kappa shape index (κ3) is 3.01. The van der Waals surface area contributed by atoms with Crippen molar-refractivity contribution < 1.29 is 13.6 Å². The Morgan fingerprint density at radius 2 is 1.89 bits per heavy atom. The molecule has 0 radical (unpaired) electrons. The van der Waals surface area contributed by atoms with Gasteiger partial charge in [-0.3, -0.25) is 4.79 Å². The number of nitrogens with zero attached hydrogens (tertiary/aromatic N) is 3. The van der Waals surface area contributed by atoms with Gasteiger partial charge in [-0.05, 0) is 26.0 Å². The predicted molar refractivity (Wildman–Crippen MR) is 64.8 cm³/mol. The summed E-state index contributed by atoms with van der Waals surface area (Å²) in [7, 11) is 0. The zero-order valence-corrected chi connectivity index (χ0v) is 10.6. The van der Waals surface area contributed by atoms with Gasteiger partial charge in [0.25, 0.3) is 0 Å². The Kier molecular flexibility index (Phi) is 3.69. The molecule has 6 heteroatoms. The van der Waals surface area contributed by atoms with Crippen molar-refractivity contribution in [1.29, 1.82) is 0 Å². The van der Waals surface area contributed by atoms with E-state index in [0.717, 1.165) is 18.2 Å². The molecule has 19 heavy (non-hydrogen) atoms. The maximum absolute atomic E-state index is 13.0. The molecule has 0 fully saturated rings. The fourth-order valence-electron chi connectivity index (χ4n) is 1.79. The molecule has 0 amide bonds. The number of hydrogen-bond acceptors (Lipinski definition) is 3. The molecule has 0 bridgehead atoms. The van der Waals surface area contributed by atoms with E-state index in [4.69, 9.17) is 0 Å². The third-order valence-electron chi connectivity index (χ3n) is 2.64. The van der Waals surface area contributed by atoms with E-state index in [-0.39, 0.29) is 18.0 Å². The molecule has 4 nitrogen and oxygen atoms in total. The van der Waals surface area contributed by atoms with Gasteiger partial charge in [0.2, 0.25) is 0 Å². The number of hydrogen-bond donors (Lipinski definition) is 0. The largest absolute Gasteiger partial charge is 0.294 e. The topological polar surface area (TPSA) is 47.8 Å². The van der Waals surface area contributed by atoms with Crippen molar-refractivity contribution >= 4 is 5.78 Å². The molecule has 0 aliphatic carbocycles. The summed E-state index contributed by atoms with van der Waals surface area (Å²) in [6.45, 7) is 3.81. The van der Waals surface area contributed by atoms with Crippen LogP contribution in [-0.2, 0) is 6.42 Å². The van der Waals surface area contributed by atoms with Gasteiger partial charge in [0.1, 0.15) is 23.8 Å². The van der Waals surface area contributed by atoms with Gasteiger partial charge in [0.15, 0.2) is 5.78 Å². The van der Waals surface area contributed by atoms with Gasteiger partial charge in [-0.25, -0.2) is 18.4 Å². The zero-order valence-electron chi connectivity index (χ0n) is 10.6. The molecular weight excluding hydrogens is 252 g/mol. The Hall–Kier alpha value is -2.11. The second-order valence-corrected chi connectivity index (χ2v) is 4.47. The molecule has 0 aliphatic heterocycles. The molecule has 0 aliphatic rings. The van der Waals surface area contributed by atoms with Crippen LogP contribution in [-0.4, -0.2) is 20.5 Å². The van der Waals surface area contributed by atoms with Gasteiger partial charge < -0.3 is 0 Å². The molecule has 1 heterocycles. The van der Waals surface area contributed by atoms with Crippen LogP contribution in [0.4, 0.5) is 8.78 Å². The molecule has 0 spiro atoms. The predicted octanol–water partition coefficient (Wildman–Crippen LogP) is 2.56. The first-order chi connectivity index (χ1) is 8.97. The summed E-state index contributed by atoms with van der Waals surface area (Å²) in [5.41, 5.74) is -0.00388. The summed E-state index contributed by atoms with van der Waals surface area (Å²) in [5, 5.41) is 4.00. The van der Waals surface area contributed by atoms with Crippen LogP contribution >= 0.6 is 0 Å². The van der Waals surface area contributed by atoms with Crippen molar-refractivity contribution in [2.75, 3.05) is 0 Å². The molecule has 0 N–H and O–H groups in total. The number of halogens is 2. The highest BCUT2D eigenvalue weighted by Crippen LogP contribution is 2.12. The summed E-state index contributed by atoms with van der Waals surface area (Å²) < 4.78 is 27.7. The molecule has 100 valence electrons. The van der Waals surface area contributed by atoms with Gasteiger partial charge in [0.05, 0.1) is 6.42 Å². The number of ketones is 1. The average Bonchev–Trinajstić information content (AvgIpc) is 2.75. The Balaban J connectivity index is 2.23. The minimum Gasteiger partial charge on any atom is -0.294 e. The maximum Gasteiger partial charge on any atom is 0.170 e. The van der Waals surface area contributed by atoms with E-state index in [1.807, 2.05) is 13.8 Å². The van der Waals surface area contributed by atoms with Crippen molar-refractivity contribution in [3.63, 3.8) is 0 Å². The molecule has 2 rings (SSSR count). The summed E-state index contributed by atoms with van der Waals surface area (Å²) in [6, 6.07) is 2.82. The number of benzene rings is 1. The molecule has 0 unspecified atom stereocenters. The van der Waals surface area contributed by atoms with Crippen LogP contribution in [0.25, 0.3) is 0 Å². The number of carbonyl (C=O) groups is 1. The Labute approximate surface area is 109 Å². The summed E-state index contributed by atoms with van der Waals surface area (Å²) >= 11 is 0. The normalized spacial score (nSPS) is 11.0. The van der Waals surface area contributed by atoms with Crippen molar-refractivity contribution in [3.8, 4) is 0 Å². The second kappa shape index (κ2) is 5.26. The lowest BCUT2D eigenvalue weighted by Crippen LogP contribution is -2.13. The lowest BCUT2D eigenvalue weighted by molar-refractivity contribution is 0.0988. The third-order valence-corrected chi connectivity index (χ3v) is 2.64. The smallest absolute Gasteiger partial charge is 0.170 e.